The second-order valence-corrected chi connectivity index (χ2v) is 3.67. The number of hydrogen-bond acceptors (Lipinski definition) is 3. The molecule has 0 saturated carbocycles. The molecule has 0 heterocycles. The first-order chi connectivity index (χ1) is 7.95. The minimum Gasteiger partial charge on any atom is -0.467 e. The highest BCUT2D eigenvalue weighted by Gasteiger charge is 2.22. The van der Waals surface area contributed by atoms with Crippen LogP contribution in [0.1, 0.15) is 24.1 Å². The lowest BCUT2D eigenvalue weighted by Gasteiger charge is -2.16. The number of aryl methyl sites for hydroxylation is 1. The Balaban J connectivity index is 3.07. The third-order valence-electron chi connectivity index (χ3n) is 2.30. The Morgan fingerprint density at radius 1 is 1.41 bits per heavy atom. The Kier molecular flexibility index (Phi) is 4.20. The van der Waals surface area contributed by atoms with E-state index in [4.69, 9.17) is 0 Å². The van der Waals surface area contributed by atoms with Crippen molar-refractivity contribution in [3.63, 3.8) is 0 Å². The van der Waals surface area contributed by atoms with E-state index in [2.05, 4.69) is 10.1 Å². The highest BCUT2D eigenvalue weighted by atomic mass is 19.1. The van der Waals surface area contributed by atoms with Crippen LogP contribution in [0.4, 0.5) is 4.39 Å². The van der Waals surface area contributed by atoms with Crippen LogP contribution in [-0.2, 0) is 14.3 Å². The van der Waals surface area contributed by atoms with E-state index < -0.39 is 12.0 Å². The smallest absolute Gasteiger partial charge is 0.333 e. The molecule has 0 spiro atoms. The van der Waals surface area contributed by atoms with Crippen LogP contribution in [0, 0.1) is 12.7 Å². The molecule has 0 saturated heterocycles. The number of carbonyl (C=O) groups excluding carboxylic acids is 2. The monoisotopic (exact) mass is 239 g/mol. The van der Waals surface area contributed by atoms with Gasteiger partial charge in [0.05, 0.1) is 7.11 Å². The van der Waals surface area contributed by atoms with Gasteiger partial charge in [-0.1, -0.05) is 12.1 Å². The first-order valence-electron chi connectivity index (χ1n) is 5.06. The molecule has 1 N–H and O–H groups in total. The maximum absolute atomic E-state index is 13.1. The molecular formula is C12H14FNO3. The average molecular weight is 239 g/mol. The van der Waals surface area contributed by atoms with E-state index in [1.54, 1.807) is 6.92 Å². The zero-order chi connectivity index (χ0) is 13.0. The molecule has 0 aliphatic rings. The molecule has 1 rings (SSSR count). The molecule has 1 aromatic carbocycles. The van der Waals surface area contributed by atoms with Gasteiger partial charge in [-0.05, 0) is 24.1 Å². The topological polar surface area (TPSA) is 55.4 Å². The number of rotatable bonds is 3. The second-order valence-electron chi connectivity index (χ2n) is 3.67. The van der Waals surface area contributed by atoms with Crippen molar-refractivity contribution in [1.29, 1.82) is 0 Å². The molecule has 0 aliphatic heterocycles. The summed E-state index contributed by atoms with van der Waals surface area (Å²) in [6, 6.07) is 3.30. The van der Waals surface area contributed by atoms with Crippen molar-refractivity contribution >= 4 is 11.9 Å². The van der Waals surface area contributed by atoms with E-state index in [1.807, 2.05) is 0 Å². The van der Waals surface area contributed by atoms with Crippen molar-refractivity contribution in [3.8, 4) is 0 Å². The van der Waals surface area contributed by atoms with E-state index in [9.17, 15) is 14.0 Å². The van der Waals surface area contributed by atoms with E-state index >= 15 is 0 Å². The minimum atomic E-state index is -0.906. The summed E-state index contributed by atoms with van der Waals surface area (Å²) in [6.07, 6.45) is 0. The summed E-state index contributed by atoms with van der Waals surface area (Å²) < 4.78 is 17.7. The SMILES string of the molecule is COC(=O)C(NC(C)=O)c1ccc(F)c(C)c1. The molecule has 0 aliphatic carbocycles. The highest BCUT2D eigenvalue weighted by molar-refractivity contribution is 5.84. The molecule has 92 valence electrons. The summed E-state index contributed by atoms with van der Waals surface area (Å²) in [4.78, 5) is 22.5. The molecule has 0 aromatic heterocycles. The average Bonchev–Trinajstić information content (AvgIpc) is 2.28. The Hall–Kier alpha value is -1.91. The number of hydrogen-bond donors (Lipinski definition) is 1. The molecule has 0 bridgehead atoms. The maximum Gasteiger partial charge on any atom is 0.333 e. The van der Waals surface area contributed by atoms with Gasteiger partial charge in [-0.3, -0.25) is 4.79 Å². The number of amides is 1. The quantitative estimate of drug-likeness (QED) is 0.813. The predicted molar refractivity (Wildman–Crippen MR) is 59.7 cm³/mol. The number of halogens is 1. The number of benzene rings is 1. The third-order valence-corrected chi connectivity index (χ3v) is 2.30. The zero-order valence-electron chi connectivity index (χ0n) is 9.91. The van der Waals surface area contributed by atoms with Gasteiger partial charge in [0.1, 0.15) is 5.82 Å². The molecule has 1 aromatic rings. The van der Waals surface area contributed by atoms with Crippen molar-refractivity contribution in [2.75, 3.05) is 7.11 Å². The van der Waals surface area contributed by atoms with Gasteiger partial charge in [0.25, 0.3) is 0 Å². The van der Waals surface area contributed by atoms with E-state index in [0.29, 0.717) is 11.1 Å². The van der Waals surface area contributed by atoms with Gasteiger partial charge in [-0.15, -0.1) is 0 Å². The summed E-state index contributed by atoms with van der Waals surface area (Å²) >= 11 is 0. The van der Waals surface area contributed by atoms with Crippen LogP contribution in [0.15, 0.2) is 18.2 Å². The van der Waals surface area contributed by atoms with E-state index in [-0.39, 0.29) is 11.7 Å². The van der Waals surface area contributed by atoms with Crippen molar-refractivity contribution in [2.45, 2.75) is 19.9 Å². The van der Waals surface area contributed by atoms with Crippen molar-refractivity contribution in [1.82, 2.24) is 5.32 Å². The van der Waals surface area contributed by atoms with Crippen LogP contribution in [-0.4, -0.2) is 19.0 Å². The first kappa shape index (κ1) is 13.2. The van der Waals surface area contributed by atoms with Crippen molar-refractivity contribution < 1.29 is 18.7 Å². The van der Waals surface area contributed by atoms with E-state index in [0.717, 1.165) is 0 Å². The molecular weight excluding hydrogens is 225 g/mol. The summed E-state index contributed by atoms with van der Waals surface area (Å²) in [7, 11) is 1.23. The van der Waals surface area contributed by atoms with Crippen LogP contribution in [0.25, 0.3) is 0 Å². The van der Waals surface area contributed by atoms with Crippen LogP contribution in [0.2, 0.25) is 0 Å². The third kappa shape index (κ3) is 3.27. The molecule has 1 amide bonds. The Bertz CT molecular complexity index is 445. The molecule has 0 radical (unpaired) electrons. The van der Waals surface area contributed by atoms with Gasteiger partial charge in [-0.2, -0.15) is 0 Å². The number of ether oxygens (including phenoxy) is 1. The Morgan fingerprint density at radius 3 is 2.53 bits per heavy atom. The number of methoxy groups -OCH3 is 1. The minimum absolute atomic E-state index is 0.359. The fourth-order valence-electron chi connectivity index (χ4n) is 1.45. The summed E-state index contributed by atoms with van der Waals surface area (Å²) in [5.74, 6) is -1.31. The van der Waals surface area contributed by atoms with Crippen LogP contribution in [0.5, 0.6) is 0 Å². The van der Waals surface area contributed by atoms with Crippen molar-refractivity contribution in [3.05, 3.63) is 35.1 Å². The molecule has 1 unspecified atom stereocenters. The second kappa shape index (κ2) is 5.43. The number of esters is 1. The Morgan fingerprint density at radius 2 is 2.06 bits per heavy atom. The van der Waals surface area contributed by atoms with Gasteiger partial charge in [0.2, 0.25) is 5.91 Å². The largest absolute Gasteiger partial charge is 0.467 e. The zero-order valence-corrected chi connectivity index (χ0v) is 9.91. The Labute approximate surface area is 98.8 Å². The van der Waals surface area contributed by atoms with Crippen molar-refractivity contribution in [2.24, 2.45) is 0 Å². The van der Waals surface area contributed by atoms with Gasteiger partial charge < -0.3 is 10.1 Å². The summed E-state index contributed by atoms with van der Waals surface area (Å²) in [6.45, 7) is 2.88. The normalized spacial score (nSPS) is 11.8. The lowest BCUT2D eigenvalue weighted by atomic mass is 10.0. The predicted octanol–water partition coefficient (Wildman–Crippen LogP) is 1.48. The van der Waals surface area contributed by atoms with E-state index in [1.165, 1.54) is 32.2 Å². The lowest BCUT2D eigenvalue weighted by molar-refractivity contribution is -0.145. The standard InChI is InChI=1S/C12H14FNO3/c1-7-6-9(4-5-10(7)13)11(12(16)17-3)14-8(2)15/h4-6,11H,1-3H3,(H,14,15). The molecule has 17 heavy (non-hydrogen) atoms. The van der Waals surface area contributed by atoms with Gasteiger partial charge in [-0.25, -0.2) is 9.18 Å². The molecule has 5 heteroatoms. The first-order valence-corrected chi connectivity index (χ1v) is 5.06. The fourth-order valence-corrected chi connectivity index (χ4v) is 1.45. The highest BCUT2D eigenvalue weighted by Crippen LogP contribution is 2.18. The van der Waals surface area contributed by atoms with Gasteiger partial charge in [0, 0.05) is 6.92 Å². The fraction of sp³-hybridized carbons (Fsp3) is 0.333. The van der Waals surface area contributed by atoms with Crippen LogP contribution >= 0.6 is 0 Å². The van der Waals surface area contributed by atoms with Crippen LogP contribution in [0.3, 0.4) is 0 Å². The van der Waals surface area contributed by atoms with Gasteiger partial charge in [0.15, 0.2) is 6.04 Å². The summed E-state index contributed by atoms with van der Waals surface area (Å²) in [5.41, 5.74) is 0.896. The lowest BCUT2D eigenvalue weighted by Crippen LogP contribution is -2.33. The van der Waals surface area contributed by atoms with Gasteiger partial charge >= 0.3 is 5.97 Å². The van der Waals surface area contributed by atoms with Crippen LogP contribution < -0.4 is 5.32 Å². The molecule has 0 fully saturated rings. The number of nitrogens with one attached hydrogen (secondary N) is 1. The maximum atomic E-state index is 13.1. The number of carbonyl (C=O) groups is 2. The summed E-state index contributed by atoms with van der Waals surface area (Å²) in [5, 5.41) is 2.46. The molecule has 4 nitrogen and oxygen atoms in total. The molecule has 1 atom stereocenters.